The molecule has 0 atom stereocenters. The second-order valence-corrected chi connectivity index (χ2v) is 10.0. The molecular weight excluding hydrogens is 428 g/mol. The number of sulfonamides is 1. The number of amides is 2. The molecule has 9 heteroatoms. The van der Waals surface area contributed by atoms with Crippen LogP contribution in [0, 0.1) is 17.2 Å². The van der Waals surface area contributed by atoms with Gasteiger partial charge in [0.25, 0.3) is 5.91 Å². The molecule has 166 valence electrons. The Bertz CT molecular complexity index is 1180. The number of anilines is 1. The first-order valence-corrected chi connectivity index (χ1v) is 12.0. The standard InChI is InChI=1S/C23H24N4O4S/c24-15-18-4-1-2-7-21(18)32(30,31)27-12-10-16(11-13-27)22(28)26-20-6-3-5-17(14-20)23(29)25-19-8-9-19/h1-7,14,16,19H,8-13H2,(H,25,29)(H,26,28). The Labute approximate surface area is 187 Å². The third-order valence-corrected chi connectivity index (χ3v) is 7.71. The second kappa shape index (κ2) is 9.10. The van der Waals surface area contributed by atoms with Gasteiger partial charge in [0, 0.05) is 36.3 Å². The number of hydrogen-bond donors (Lipinski definition) is 2. The molecule has 0 aromatic heterocycles. The number of carbonyl (C=O) groups is 2. The minimum atomic E-state index is -3.80. The molecule has 2 fully saturated rings. The number of rotatable bonds is 6. The van der Waals surface area contributed by atoms with E-state index in [0.29, 0.717) is 24.1 Å². The molecular formula is C23H24N4O4S. The van der Waals surface area contributed by atoms with Crippen molar-refractivity contribution < 1.29 is 18.0 Å². The van der Waals surface area contributed by atoms with Gasteiger partial charge in [-0.1, -0.05) is 18.2 Å². The van der Waals surface area contributed by atoms with Crippen LogP contribution in [-0.4, -0.2) is 43.7 Å². The second-order valence-electron chi connectivity index (χ2n) is 8.10. The first kappa shape index (κ1) is 22.0. The Balaban J connectivity index is 1.37. The summed E-state index contributed by atoms with van der Waals surface area (Å²) in [6.07, 6.45) is 2.75. The fourth-order valence-electron chi connectivity index (χ4n) is 3.76. The molecule has 2 aliphatic rings. The Morgan fingerprint density at radius 2 is 1.72 bits per heavy atom. The summed E-state index contributed by atoms with van der Waals surface area (Å²) < 4.78 is 27.2. The van der Waals surface area contributed by atoms with E-state index in [2.05, 4.69) is 10.6 Å². The molecule has 0 unspecified atom stereocenters. The molecule has 2 N–H and O–H groups in total. The van der Waals surface area contributed by atoms with Gasteiger partial charge in [-0.25, -0.2) is 8.42 Å². The number of nitriles is 1. The van der Waals surface area contributed by atoms with Crippen molar-refractivity contribution in [1.82, 2.24) is 9.62 Å². The van der Waals surface area contributed by atoms with Gasteiger partial charge in [0.15, 0.2) is 0 Å². The predicted octanol–water partition coefficient (Wildman–Crippen LogP) is 2.49. The van der Waals surface area contributed by atoms with Gasteiger partial charge in [-0.3, -0.25) is 9.59 Å². The van der Waals surface area contributed by atoms with Crippen molar-refractivity contribution in [2.45, 2.75) is 36.6 Å². The largest absolute Gasteiger partial charge is 0.349 e. The third kappa shape index (κ3) is 4.82. The Kier molecular flexibility index (Phi) is 6.26. The highest BCUT2D eigenvalue weighted by molar-refractivity contribution is 7.89. The summed E-state index contributed by atoms with van der Waals surface area (Å²) in [4.78, 5) is 25.0. The van der Waals surface area contributed by atoms with Gasteiger partial charge < -0.3 is 10.6 Å². The zero-order valence-electron chi connectivity index (χ0n) is 17.5. The van der Waals surface area contributed by atoms with E-state index in [1.165, 1.54) is 16.4 Å². The van der Waals surface area contributed by atoms with Gasteiger partial charge in [0.2, 0.25) is 15.9 Å². The number of hydrogen-bond acceptors (Lipinski definition) is 5. The van der Waals surface area contributed by atoms with Crippen LogP contribution in [-0.2, 0) is 14.8 Å². The number of nitrogens with one attached hydrogen (secondary N) is 2. The van der Waals surface area contributed by atoms with Crippen molar-refractivity contribution in [1.29, 1.82) is 5.26 Å². The maximum atomic E-state index is 13.0. The minimum Gasteiger partial charge on any atom is -0.349 e. The molecule has 2 amide bonds. The predicted molar refractivity (Wildman–Crippen MR) is 118 cm³/mol. The van der Waals surface area contributed by atoms with Crippen molar-refractivity contribution in [2.75, 3.05) is 18.4 Å². The number of benzene rings is 2. The maximum Gasteiger partial charge on any atom is 0.251 e. The molecule has 0 bridgehead atoms. The highest BCUT2D eigenvalue weighted by atomic mass is 32.2. The normalized spacial score (nSPS) is 17.3. The Morgan fingerprint density at radius 1 is 1.00 bits per heavy atom. The molecule has 1 heterocycles. The summed E-state index contributed by atoms with van der Waals surface area (Å²) in [5, 5.41) is 15.0. The van der Waals surface area contributed by atoms with E-state index in [4.69, 9.17) is 0 Å². The van der Waals surface area contributed by atoms with Crippen molar-refractivity contribution in [2.24, 2.45) is 5.92 Å². The van der Waals surface area contributed by atoms with Crippen LogP contribution in [0.2, 0.25) is 0 Å². The summed E-state index contributed by atoms with van der Waals surface area (Å²) in [6, 6.07) is 15.1. The van der Waals surface area contributed by atoms with Gasteiger partial charge >= 0.3 is 0 Å². The monoisotopic (exact) mass is 452 g/mol. The first-order valence-electron chi connectivity index (χ1n) is 10.6. The average molecular weight is 453 g/mol. The summed E-state index contributed by atoms with van der Waals surface area (Å²) in [6.45, 7) is 0.397. The van der Waals surface area contributed by atoms with E-state index in [0.717, 1.165) is 12.8 Å². The quantitative estimate of drug-likeness (QED) is 0.698. The molecule has 1 aliphatic heterocycles. The lowest BCUT2D eigenvalue weighted by Gasteiger charge is -2.30. The third-order valence-electron chi connectivity index (χ3n) is 5.75. The van der Waals surface area contributed by atoms with Gasteiger partial charge in [0.05, 0.1) is 10.5 Å². The average Bonchev–Trinajstić information content (AvgIpc) is 3.63. The summed E-state index contributed by atoms with van der Waals surface area (Å²) in [5.41, 5.74) is 1.14. The highest BCUT2D eigenvalue weighted by Crippen LogP contribution is 2.27. The lowest BCUT2D eigenvalue weighted by molar-refractivity contribution is -0.120. The molecule has 2 aromatic rings. The summed E-state index contributed by atoms with van der Waals surface area (Å²) >= 11 is 0. The Morgan fingerprint density at radius 3 is 2.41 bits per heavy atom. The van der Waals surface area contributed by atoms with Crippen molar-refractivity contribution in [3.8, 4) is 6.07 Å². The van der Waals surface area contributed by atoms with Gasteiger partial charge in [-0.05, 0) is 56.0 Å². The highest BCUT2D eigenvalue weighted by Gasteiger charge is 2.33. The van der Waals surface area contributed by atoms with Crippen LogP contribution in [0.5, 0.6) is 0 Å². The van der Waals surface area contributed by atoms with Crippen LogP contribution in [0.15, 0.2) is 53.4 Å². The van der Waals surface area contributed by atoms with E-state index < -0.39 is 10.0 Å². The van der Waals surface area contributed by atoms with Gasteiger partial charge in [0.1, 0.15) is 6.07 Å². The van der Waals surface area contributed by atoms with Crippen molar-refractivity contribution in [3.63, 3.8) is 0 Å². The fraction of sp³-hybridized carbons (Fsp3) is 0.348. The van der Waals surface area contributed by atoms with Gasteiger partial charge in [-0.2, -0.15) is 9.57 Å². The number of piperidine rings is 1. The van der Waals surface area contributed by atoms with E-state index in [-0.39, 0.29) is 47.3 Å². The van der Waals surface area contributed by atoms with Crippen LogP contribution in [0.3, 0.4) is 0 Å². The summed E-state index contributed by atoms with van der Waals surface area (Å²) in [5.74, 6) is -0.685. The molecule has 2 aromatic carbocycles. The number of nitrogens with zero attached hydrogens (tertiary/aromatic N) is 2. The molecule has 0 radical (unpaired) electrons. The molecule has 8 nitrogen and oxygen atoms in total. The zero-order chi connectivity index (χ0) is 22.7. The molecule has 32 heavy (non-hydrogen) atoms. The molecule has 0 spiro atoms. The maximum absolute atomic E-state index is 13.0. The smallest absolute Gasteiger partial charge is 0.251 e. The van der Waals surface area contributed by atoms with Crippen LogP contribution in [0.4, 0.5) is 5.69 Å². The lowest BCUT2D eigenvalue weighted by Crippen LogP contribution is -2.41. The zero-order valence-corrected chi connectivity index (χ0v) is 18.3. The fourth-order valence-corrected chi connectivity index (χ4v) is 5.37. The number of carbonyl (C=O) groups excluding carboxylic acids is 2. The Hall–Kier alpha value is -3.22. The van der Waals surface area contributed by atoms with Crippen molar-refractivity contribution >= 4 is 27.5 Å². The summed E-state index contributed by atoms with van der Waals surface area (Å²) in [7, 11) is -3.80. The molecule has 1 aliphatic carbocycles. The SMILES string of the molecule is N#Cc1ccccc1S(=O)(=O)N1CCC(C(=O)Nc2cccc(C(=O)NC3CC3)c2)CC1. The van der Waals surface area contributed by atoms with Crippen LogP contribution < -0.4 is 10.6 Å². The van der Waals surface area contributed by atoms with Crippen molar-refractivity contribution in [3.05, 3.63) is 59.7 Å². The van der Waals surface area contributed by atoms with Crippen LogP contribution in [0.1, 0.15) is 41.6 Å². The van der Waals surface area contributed by atoms with Crippen LogP contribution >= 0.6 is 0 Å². The van der Waals surface area contributed by atoms with E-state index in [9.17, 15) is 23.3 Å². The van der Waals surface area contributed by atoms with E-state index >= 15 is 0 Å². The van der Waals surface area contributed by atoms with E-state index in [1.54, 1.807) is 36.4 Å². The first-order chi connectivity index (χ1) is 15.4. The molecule has 1 saturated heterocycles. The molecule has 1 saturated carbocycles. The van der Waals surface area contributed by atoms with E-state index in [1.807, 2.05) is 6.07 Å². The van der Waals surface area contributed by atoms with Gasteiger partial charge in [-0.15, -0.1) is 0 Å². The minimum absolute atomic E-state index is 0.00769. The van der Waals surface area contributed by atoms with Crippen LogP contribution in [0.25, 0.3) is 0 Å². The topological polar surface area (TPSA) is 119 Å². The molecule has 4 rings (SSSR count). The lowest BCUT2D eigenvalue weighted by atomic mass is 9.97.